The fraction of sp³-hybridized carbons (Fsp3) is 0.0909. The van der Waals surface area contributed by atoms with Crippen molar-refractivity contribution in [2.24, 2.45) is 0 Å². The number of imidazole rings is 1. The molecular weight excluding hydrogens is 380 g/mol. The zero-order valence-corrected chi connectivity index (χ0v) is 13.1. The van der Waals surface area contributed by atoms with E-state index in [1.807, 2.05) is 10.6 Å². The molecule has 0 aliphatic rings. The summed E-state index contributed by atoms with van der Waals surface area (Å²) in [4.78, 5) is 9.90. The van der Waals surface area contributed by atoms with Gasteiger partial charge in [0.25, 0.3) is 0 Å². The zero-order chi connectivity index (χ0) is 12.7. The molecule has 0 saturated carbocycles. The van der Waals surface area contributed by atoms with E-state index in [9.17, 15) is 0 Å². The normalized spacial score (nSPS) is 11.2. The lowest BCUT2D eigenvalue weighted by Gasteiger charge is -2.03. The summed E-state index contributed by atoms with van der Waals surface area (Å²) in [6, 6.07) is 3.99. The van der Waals surface area contributed by atoms with Gasteiger partial charge in [-0.25, -0.2) is 9.97 Å². The molecule has 3 heterocycles. The van der Waals surface area contributed by atoms with E-state index in [-0.39, 0.29) is 0 Å². The molecule has 0 fully saturated rings. The molecule has 3 rings (SSSR count). The standard InChI is InChI=1S/C11H8Br2N4S/c12-6-2-9-10(15-3-6)17(11(14)16-9)4-8-1-7(13)5-18-8/h1-3,5H,4H2,(H2,14,16). The highest BCUT2D eigenvalue weighted by atomic mass is 79.9. The fourth-order valence-electron chi connectivity index (χ4n) is 1.75. The second kappa shape index (κ2) is 4.64. The van der Waals surface area contributed by atoms with Crippen LogP contribution in [0, 0.1) is 0 Å². The zero-order valence-electron chi connectivity index (χ0n) is 9.10. The van der Waals surface area contributed by atoms with E-state index < -0.39 is 0 Å². The van der Waals surface area contributed by atoms with Crippen LogP contribution in [-0.2, 0) is 6.54 Å². The highest BCUT2D eigenvalue weighted by molar-refractivity contribution is 9.10. The van der Waals surface area contributed by atoms with Gasteiger partial charge in [0.1, 0.15) is 5.52 Å². The van der Waals surface area contributed by atoms with Crippen LogP contribution in [0.5, 0.6) is 0 Å². The minimum atomic E-state index is 0.486. The Kier molecular flexibility index (Phi) is 3.13. The Hall–Kier alpha value is -0.920. The summed E-state index contributed by atoms with van der Waals surface area (Å²) in [6.07, 6.45) is 1.75. The topological polar surface area (TPSA) is 56.7 Å². The molecule has 0 saturated heterocycles. The van der Waals surface area contributed by atoms with Crippen LogP contribution < -0.4 is 5.73 Å². The number of pyridine rings is 1. The molecular formula is C11H8Br2N4S. The van der Waals surface area contributed by atoms with Gasteiger partial charge in [-0.3, -0.25) is 4.57 Å². The van der Waals surface area contributed by atoms with Gasteiger partial charge >= 0.3 is 0 Å². The Balaban J connectivity index is 2.08. The monoisotopic (exact) mass is 386 g/mol. The molecule has 4 nitrogen and oxygen atoms in total. The lowest BCUT2D eigenvalue weighted by atomic mass is 10.4. The first-order valence-electron chi connectivity index (χ1n) is 5.13. The molecule has 18 heavy (non-hydrogen) atoms. The summed E-state index contributed by atoms with van der Waals surface area (Å²) >= 11 is 8.51. The lowest BCUT2D eigenvalue weighted by molar-refractivity contribution is 0.841. The van der Waals surface area contributed by atoms with Crippen LogP contribution in [0.4, 0.5) is 5.95 Å². The molecule has 0 aliphatic carbocycles. The van der Waals surface area contributed by atoms with Gasteiger partial charge in [-0.05, 0) is 44.0 Å². The van der Waals surface area contributed by atoms with Crippen molar-refractivity contribution in [3.8, 4) is 0 Å². The van der Waals surface area contributed by atoms with Gasteiger partial charge in [0.2, 0.25) is 5.95 Å². The second-order valence-corrected chi connectivity index (χ2v) is 6.61. The largest absolute Gasteiger partial charge is 0.369 e. The smallest absolute Gasteiger partial charge is 0.202 e. The number of nitrogen functional groups attached to an aromatic ring is 1. The number of hydrogen-bond acceptors (Lipinski definition) is 4. The number of hydrogen-bond donors (Lipinski definition) is 1. The van der Waals surface area contributed by atoms with Gasteiger partial charge in [0.15, 0.2) is 5.65 Å². The summed E-state index contributed by atoms with van der Waals surface area (Å²) in [6.45, 7) is 0.688. The van der Waals surface area contributed by atoms with Crippen molar-refractivity contribution in [1.82, 2.24) is 14.5 Å². The molecule has 7 heteroatoms. The van der Waals surface area contributed by atoms with Crippen LogP contribution in [-0.4, -0.2) is 14.5 Å². The number of halogens is 2. The molecule has 0 atom stereocenters. The fourth-order valence-corrected chi connectivity index (χ4v) is 3.51. The average Bonchev–Trinajstić information content (AvgIpc) is 2.84. The number of aromatic nitrogens is 3. The summed E-state index contributed by atoms with van der Waals surface area (Å²) in [5.41, 5.74) is 7.56. The van der Waals surface area contributed by atoms with Crippen molar-refractivity contribution < 1.29 is 0 Å². The Morgan fingerprint density at radius 2 is 2.11 bits per heavy atom. The van der Waals surface area contributed by atoms with Gasteiger partial charge in [-0.1, -0.05) is 0 Å². The molecule has 3 aromatic rings. The number of nitrogens with two attached hydrogens (primary N) is 1. The first-order valence-corrected chi connectivity index (χ1v) is 7.60. The second-order valence-electron chi connectivity index (χ2n) is 3.78. The summed E-state index contributed by atoms with van der Waals surface area (Å²) in [5, 5.41) is 2.05. The number of fused-ring (bicyclic) bond motifs is 1. The van der Waals surface area contributed by atoms with Crippen LogP contribution in [0.25, 0.3) is 11.2 Å². The van der Waals surface area contributed by atoms with Crippen molar-refractivity contribution in [1.29, 1.82) is 0 Å². The molecule has 92 valence electrons. The molecule has 3 aromatic heterocycles. The molecule has 0 radical (unpaired) electrons. The Morgan fingerprint density at radius 1 is 1.28 bits per heavy atom. The Morgan fingerprint density at radius 3 is 2.83 bits per heavy atom. The maximum atomic E-state index is 5.95. The van der Waals surface area contributed by atoms with Gasteiger partial charge in [0.05, 0.1) is 6.54 Å². The van der Waals surface area contributed by atoms with Crippen LogP contribution in [0.3, 0.4) is 0 Å². The predicted octanol–water partition coefficient (Wildman–Crippen LogP) is 3.65. The number of anilines is 1. The van der Waals surface area contributed by atoms with E-state index in [1.54, 1.807) is 17.5 Å². The summed E-state index contributed by atoms with van der Waals surface area (Å²) < 4.78 is 3.90. The van der Waals surface area contributed by atoms with Crippen LogP contribution >= 0.6 is 43.2 Å². The average molecular weight is 388 g/mol. The minimum absolute atomic E-state index is 0.486. The van der Waals surface area contributed by atoms with E-state index in [1.165, 1.54) is 4.88 Å². The van der Waals surface area contributed by atoms with Crippen LogP contribution in [0.15, 0.2) is 32.7 Å². The van der Waals surface area contributed by atoms with Gasteiger partial charge in [-0.15, -0.1) is 11.3 Å². The van der Waals surface area contributed by atoms with Gasteiger partial charge in [0, 0.05) is 25.4 Å². The summed E-state index contributed by atoms with van der Waals surface area (Å²) in [7, 11) is 0. The highest BCUT2D eigenvalue weighted by Crippen LogP contribution is 2.24. The maximum Gasteiger partial charge on any atom is 0.202 e. The van der Waals surface area contributed by atoms with E-state index in [2.05, 4.69) is 53.3 Å². The van der Waals surface area contributed by atoms with Crippen LogP contribution in [0.2, 0.25) is 0 Å². The Bertz CT molecular complexity index is 719. The third-order valence-corrected chi connectivity index (χ3v) is 4.63. The molecule has 0 unspecified atom stereocenters. The van der Waals surface area contributed by atoms with E-state index in [4.69, 9.17) is 5.73 Å². The molecule has 0 spiro atoms. The number of nitrogens with zero attached hydrogens (tertiary/aromatic N) is 3. The highest BCUT2D eigenvalue weighted by Gasteiger charge is 2.11. The predicted molar refractivity (Wildman–Crippen MR) is 80.8 cm³/mol. The van der Waals surface area contributed by atoms with Crippen molar-refractivity contribution in [2.45, 2.75) is 6.54 Å². The number of thiophene rings is 1. The molecule has 0 aromatic carbocycles. The van der Waals surface area contributed by atoms with E-state index >= 15 is 0 Å². The molecule has 0 amide bonds. The number of rotatable bonds is 2. The minimum Gasteiger partial charge on any atom is -0.369 e. The van der Waals surface area contributed by atoms with Crippen molar-refractivity contribution in [2.75, 3.05) is 5.73 Å². The maximum absolute atomic E-state index is 5.95. The third kappa shape index (κ3) is 2.17. The Labute approximate surface area is 124 Å². The quantitative estimate of drug-likeness (QED) is 0.730. The molecule has 0 aliphatic heterocycles. The van der Waals surface area contributed by atoms with Crippen molar-refractivity contribution in [3.05, 3.63) is 37.5 Å². The first-order chi connectivity index (χ1) is 8.63. The molecule has 2 N–H and O–H groups in total. The van der Waals surface area contributed by atoms with Gasteiger partial charge in [-0.2, -0.15) is 0 Å². The molecule has 0 bridgehead atoms. The van der Waals surface area contributed by atoms with Crippen molar-refractivity contribution in [3.63, 3.8) is 0 Å². The van der Waals surface area contributed by atoms with Crippen LogP contribution in [0.1, 0.15) is 4.88 Å². The summed E-state index contributed by atoms with van der Waals surface area (Å²) in [5.74, 6) is 0.486. The first kappa shape index (κ1) is 12.1. The van der Waals surface area contributed by atoms with E-state index in [0.29, 0.717) is 12.5 Å². The third-order valence-electron chi connectivity index (χ3n) is 2.52. The lowest BCUT2D eigenvalue weighted by Crippen LogP contribution is -2.04. The van der Waals surface area contributed by atoms with Gasteiger partial charge < -0.3 is 5.73 Å². The van der Waals surface area contributed by atoms with E-state index in [0.717, 1.165) is 20.1 Å². The van der Waals surface area contributed by atoms with Crippen molar-refractivity contribution >= 4 is 60.3 Å². The SMILES string of the molecule is Nc1nc2cc(Br)cnc2n1Cc1cc(Br)cs1.